The van der Waals surface area contributed by atoms with Crippen LogP contribution in [0.25, 0.3) is 0 Å². The van der Waals surface area contributed by atoms with Gasteiger partial charge in [-0.05, 0) is 97.4 Å². The molecule has 1 heterocycles. The van der Waals surface area contributed by atoms with Gasteiger partial charge in [-0.1, -0.05) is 50.1 Å². The normalized spacial score (nSPS) is 22.5. The highest BCUT2D eigenvalue weighted by Crippen LogP contribution is 2.42. The van der Waals surface area contributed by atoms with E-state index in [1.807, 2.05) is 6.92 Å². The Morgan fingerprint density at radius 2 is 1.39 bits per heavy atom. The lowest BCUT2D eigenvalue weighted by atomic mass is 9.76. The first-order valence-corrected chi connectivity index (χ1v) is 15.6. The molecule has 3 aromatic carbocycles. The summed E-state index contributed by atoms with van der Waals surface area (Å²) in [5.74, 6) is -1.62. The van der Waals surface area contributed by atoms with Gasteiger partial charge in [0.25, 0.3) is 0 Å². The molecule has 0 amide bonds. The van der Waals surface area contributed by atoms with Gasteiger partial charge < -0.3 is 18.9 Å². The topological polar surface area (TPSA) is 36.9 Å². The fourth-order valence-corrected chi connectivity index (χ4v) is 6.25. The number of unbranched alkanes of at least 4 members (excludes halogenated alkanes) is 2. The molecule has 3 aromatic rings. The van der Waals surface area contributed by atoms with Gasteiger partial charge in [0.05, 0.1) is 18.8 Å². The van der Waals surface area contributed by atoms with Crippen molar-refractivity contribution in [3.63, 3.8) is 0 Å². The van der Waals surface area contributed by atoms with E-state index in [9.17, 15) is 26.3 Å². The summed E-state index contributed by atoms with van der Waals surface area (Å²) < 4.78 is 117. The maximum absolute atomic E-state index is 15.3. The van der Waals surface area contributed by atoms with E-state index < -0.39 is 42.1 Å². The van der Waals surface area contributed by atoms with Gasteiger partial charge in [-0.15, -0.1) is 13.2 Å². The molecule has 0 atom stereocenters. The van der Waals surface area contributed by atoms with Gasteiger partial charge in [0.2, 0.25) is 0 Å². The van der Waals surface area contributed by atoms with Crippen LogP contribution in [0.3, 0.4) is 0 Å². The number of alkyl halides is 5. The third-order valence-electron chi connectivity index (χ3n) is 8.65. The number of hydrogen-bond acceptors (Lipinski definition) is 4. The largest absolute Gasteiger partial charge is 0.573 e. The van der Waals surface area contributed by atoms with Crippen LogP contribution in [0.15, 0.2) is 60.7 Å². The maximum Gasteiger partial charge on any atom is 0.573 e. The summed E-state index contributed by atoms with van der Waals surface area (Å²) in [7, 11) is 0. The van der Waals surface area contributed by atoms with Crippen molar-refractivity contribution in [1.29, 1.82) is 0 Å². The predicted octanol–water partition coefficient (Wildman–Crippen LogP) is 10.2. The highest BCUT2D eigenvalue weighted by Gasteiger charge is 2.40. The Morgan fingerprint density at radius 1 is 0.739 bits per heavy atom. The molecule has 0 N–H and O–H groups in total. The molecule has 250 valence electrons. The number of ether oxygens (including phenoxy) is 4. The number of hydrogen-bond donors (Lipinski definition) is 0. The van der Waals surface area contributed by atoms with E-state index in [0.717, 1.165) is 49.8 Å². The first kappa shape index (κ1) is 34.2. The van der Waals surface area contributed by atoms with E-state index in [0.29, 0.717) is 36.0 Å². The quantitative estimate of drug-likeness (QED) is 0.152. The summed E-state index contributed by atoms with van der Waals surface area (Å²) in [6.07, 6.45) is -4.45. The molecule has 0 aromatic heterocycles. The Morgan fingerprint density at radius 3 is 2.00 bits per heavy atom. The lowest BCUT2D eigenvalue weighted by Gasteiger charge is -2.32. The molecule has 2 fully saturated rings. The summed E-state index contributed by atoms with van der Waals surface area (Å²) in [4.78, 5) is 0. The average molecular weight is 655 g/mol. The molecular formula is C35H37F7O4. The highest BCUT2D eigenvalue weighted by molar-refractivity contribution is 5.32. The molecule has 11 heteroatoms. The number of aryl methyl sites for hydroxylation is 1. The summed E-state index contributed by atoms with van der Waals surface area (Å²) in [6.45, 7) is 1.53. The third-order valence-corrected chi connectivity index (χ3v) is 8.65. The molecule has 2 aliphatic rings. The van der Waals surface area contributed by atoms with Crippen molar-refractivity contribution >= 4 is 0 Å². The Labute approximate surface area is 263 Å². The fourth-order valence-electron chi connectivity index (χ4n) is 6.25. The summed E-state index contributed by atoms with van der Waals surface area (Å²) in [6, 6.07) is 14.2. The van der Waals surface area contributed by atoms with Crippen LogP contribution in [0, 0.1) is 11.6 Å². The monoisotopic (exact) mass is 654 g/mol. The Bertz CT molecular complexity index is 1430. The summed E-state index contributed by atoms with van der Waals surface area (Å²) in [5, 5.41) is 0. The van der Waals surface area contributed by atoms with Gasteiger partial charge in [-0.25, -0.2) is 8.78 Å². The molecule has 1 aliphatic carbocycles. The molecule has 5 rings (SSSR count). The number of rotatable bonds is 11. The zero-order chi connectivity index (χ0) is 32.9. The Kier molecular flexibility index (Phi) is 11.0. The summed E-state index contributed by atoms with van der Waals surface area (Å²) in [5.41, 5.74) is 1.65. The number of benzene rings is 3. The number of halogens is 7. The zero-order valence-corrected chi connectivity index (χ0v) is 25.4. The lowest BCUT2D eigenvalue weighted by molar-refractivity contribution is -0.321. The van der Waals surface area contributed by atoms with Gasteiger partial charge in [0.1, 0.15) is 23.5 Å². The van der Waals surface area contributed by atoms with Crippen molar-refractivity contribution in [3.8, 4) is 5.75 Å². The Balaban J connectivity index is 1.11. The van der Waals surface area contributed by atoms with E-state index in [4.69, 9.17) is 14.2 Å². The van der Waals surface area contributed by atoms with E-state index in [-0.39, 0.29) is 30.8 Å². The van der Waals surface area contributed by atoms with Crippen LogP contribution in [0.5, 0.6) is 5.75 Å². The molecule has 0 bridgehead atoms. The minimum atomic E-state index is -4.74. The second-order valence-electron chi connectivity index (χ2n) is 12.0. The van der Waals surface area contributed by atoms with Crippen LogP contribution < -0.4 is 4.74 Å². The van der Waals surface area contributed by atoms with Crippen molar-refractivity contribution in [2.45, 2.75) is 95.0 Å². The first-order valence-electron chi connectivity index (χ1n) is 15.6. The maximum atomic E-state index is 15.3. The van der Waals surface area contributed by atoms with E-state index in [2.05, 4.69) is 4.74 Å². The average Bonchev–Trinajstić information content (AvgIpc) is 3.01. The van der Waals surface area contributed by atoms with Crippen LogP contribution in [0.4, 0.5) is 30.7 Å². The molecule has 46 heavy (non-hydrogen) atoms. The molecule has 0 unspecified atom stereocenters. The van der Waals surface area contributed by atoms with Gasteiger partial charge in [0.15, 0.2) is 6.29 Å². The van der Waals surface area contributed by atoms with Crippen molar-refractivity contribution in [2.75, 3.05) is 13.2 Å². The van der Waals surface area contributed by atoms with Crippen molar-refractivity contribution in [1.82, 2.24) is 0 Å². The van der Waals surface area contributed by atoms with Crippen LogP contribution in [-0.2, 0) is 26.7 Å². The van der Waals surface area contributed by atoms with Gasteiger partial charge in [0, 0.05) is 5.56 Å². The standard InChI is InChI=1S/C35H37F7O4/c1-2-3-4-5-22-6-17-30(32(37)18-22)34(38,39)45-28-20-43-33(44-21-28)26-13-16-29(31(36)19-26)25-9-7-23(8-10-25)24-11-14-27(15-12-24)46-35(40,41)42/h6,11-19,23,25,28,33H,2-5,7-10,20-21H2,1H3. The van der Waals surface area contributed by atoms with Crippen molar-refractivity contribution in [3.05, 3.63) is 100 Å². The van der Waals surface area contributed by atoms with Crippen molar-refractivity contribution < 1.29 is 49.7 Å². The van der Waals surface area contributed by atoms with E-state index in [1.54, 1.807) is 24.3 Å². The fraction of sp³-hybridized carbons (Fsp3) is 0.486. The molecule has 1 saturated heterocycles. The molecule has 4 nitrogen and oxygen atoms in total. The minimum absolute atomic E-state index is 0.0304. The van der Waals surface area contributed by atoms with Crippen LogP contribution in [0.2, 0.25) is 0 Å². The molecule has 1 aliphatic heterocycles. The van der Waals surface area contributed by atoms with Crippen LogP contribution >= 0.6 is 0 Å². The van der Waals surface area contributed by atoms with Crippen LogP contribution in [-0.4, -0.2) is 25.7 Å². The molecular weight excluding hydrogens is 617 g/mol. The molecule has 1 saturated carbocycles. The third kappa shape index (κ3) is 8.80. The summed E-state index contributed by atoms with van der Waals surface area (Å²) >= 11 is 0. The van der Waals surface area contributed by atoms with Crippen LogP contribution in [0.1, 0.15) is 97.8 Å². The predicted molar refractivity (Wildman–Crippen MR) is 157 cm³/mol. The first-order chi connectivity index (χ1) is 21.9. The lowest BCUT2D eigenvalue weighted by Crippen LogP contribution is -2.38. The smallest absolute Gasteiger partial charge is 0.406 e. The SMILES string of the molecule is CCCCCc1ccc(C(F)(F)OC2COC(c3ccc(C4CCC(c5ccc(OC(F)(F)F)cc5)CC4)c(F)c3)OC2)c(F)c1. The van der Waals surface area contributed by atoms with Gasteiger partial charge in [-0.2, -0.15) is 8.78 Å². The molecule has 0 radical (unpaired) electrons. The Hall–Kier alpha value is -3.15. The highest BCUT2D eigenvalue weighted by atomic mass is 19.4. The second-order valence-corrected chi connectivity index (χ2v) is 12.0. The van der Waals surface area contributed by atoms with Gasteiger partial charge >= 0.3 is 12.5 Å². The zero-order valence-electron chi connectivity index (χ0n) is 25.4. The van der Waals surface area contributed by atoms with Crippen molar-refractivity contribution in [2.24, 2.45) is 0 Å². The van der Waals surface area contributed by atoms with E-state index >= 15 is 4.39 Å². The van der Waals surface area contributed by atoms with E-state index in [1.165, 1.54) is 24.3 Å². The van der Waals surface area contributed by atoms with Gasteiger partial charge in [-0.3, -0.25) is 0 Å². The second kappa shape index (κ2) is 14.7. The molecule has 0 spiro atoms. The minimum Gasteiger partial charge on any atom is -0.406 e.